The van der Waals surface area contributed by atoms with Crippen LogP contribution in [0.5, 0.6) is 0 Å². The normalized spacial score (nSPS) is 18.2. The summed E-state index contributed by atoms with van der Waals surface area (Å²) in [5, 5.41) is 20.4. The van der Waals surface area contributed by atoms with Crippen molar-refractivity contribution in [3.63, 3.8) is 0 Å². The number of nitrogens with one attached hydrogen (secondary N) is 3. The second kappa shape index (κ2) is 10.8. The van der Waals surface area contributed by atoms with E-state index in [1.54, 1.807) is 26.0 Å². The van der Waals surface area contributed by atoms with Crippen LogP contribution in [0.25, 0.3) is 0 Å². The molecule has 9 heteroatoms. The van der Waals surface area contributed by atoms with E-state index in [0.717, 1.165) is 30.6 Å². The molecular weight excluding hydrogens is 484 g/mol. The van der Waals surface area contributed by atoms with Gasteiger partial charge in [0.2, 0.25) is 5.91 Å². The van der Waals surface area contributed by atoms with Crippen molar-refractivity contribution in [3.05, 3.63) is 44.9 Å². The molecule has 0 bridgehead atoms. The van der Waals surface area contributed by atoms with Gasteiger partial charge < -0.3 is 21.1 Å². The number of thiophene rings is 1. The van der Waals surface area contributed by atoms with E-state index in [0.29, 0.717) is 33.6 Å². The van der Waals surface area contributed by atoms with Gasteiger partial charge >= 0.3 is 0 Å². The minimum atomic E-state index is -1.14. The van der Waals surface area contributed by atoms with E-state index in [1.807, 2.05) is 13.0 Å². The topological polar surface area (TPSA) is 103 Å². The van der Waals surface area contributed by atoms with E-state index in [9.17, 15) is 14.7 Å². The molecule has 2 heterocycles. The highest BCUT2D eigenvalue weighted by atomic mass is 35.5. The van der Waals surface area contributed by atoms with Crippen LogP contribution in [0.3, 0.4) is 0 Å². The van der Waals surface area contributed by atoms with Crippen molar-refractivity contribution in [2.75, 3.05) is 5.32 Å². The summed E-state index contributed by atoms with van der Waals surface area (Å²) in [5.41, 5.74) is 0.00710. The van der Waals surface area contributed by atoms with Gasteiger partial charge in [0, 0.05) is 17.1 Å². The largest absolute Gasteiger partial charge is 0.384 e. The first kappa shape index (κ1) is 25.9. The number of amides is 2. The molecule has 0 radical (unpaired) electrons. The zero-order chi connectivity index (χ0) is 25.2. The number of anilines is 1. The SMILES string of the molecule is CC(Nc1cc(Cl)cnc1C(C)(C)O)c1ccc(C(=O)N[C@@H](CC2CCCC2)C(=O)NC2CC2)s1. The Labute approximate surface area is 216 Å². The first-order valence-electron chi connectivity index (χ1n) is 12.5. The molecule has 2 fully saturated rings. The summed E-state index contributed by atoms with van der Waals surface area (Å²) in [6.07, 6.45) is 8.90. The number of nitrogens with zero attached hydrogens (tertiary/aromatic N) is 1. The average Bonchev–Trinajstić information content (AvgIpc) is 3.24. The van der Waals surface area contributed by atoms with Crippen molar-refractivity contribution < 1.29 is 14.7 Å². The molecule has 0 spiro atoms. The lowest BCUT2D eigenvalue weighted by Crippen LogP contribution is -2.48. The molecular formula is C26H35ClN4O3S. The molecule has 2 aromatic heterocycles. The van der Waals surface area contributed by atoms with E-state index in [2.05, 4.69) is 20.9 Å². The number of hydrogen-bond acceptors (Lipinski definition) is 6. The Hall–Kier alpha value is -2.16. The molecule has 0 aromatic carbocycles. The fraction of sp³-hybridized carbons (Fsp3) is 0.577. The predicted molar refractivity (Wildman–Crippen MR) is 140 cm³/mol. The highest BCUT2D eigenvalue weighted by molar-refractivity contribution is 7.14. The fourth-order valence-electron chi connectivity index (χ4n) is 4.62. The van der Waals surface area contributed by atoms with Gasteiger partial charge in [-0.3, -0.25) is 14.6 Å². The molecule has 0 saturated heterocycles. The third-order valence-corrected chi connectivity index (χ3v) is 8.15. The lowest BCUT2D eigenvalue weighted by Gasteiger charge is -2.23. The summed E-state index contributed by atoms with van der Waals surface area (Å²) in [5.74, 6) is 0.209. The van der Waals surface area contributed by atoms with Crippen molar-refractivity contribution in [1.29, 1.82) is 0 Å². The molecule has 2 aliphatic rings. The van der Waals surface area contributed by atoms with Crippen LogP contribution in [0.2, 0.25) is 5.02 Å². The molecule has 0 aliphatic heterocycles. The molecule has 1 unspecified atom stereocenters. The van der Waals surface area contributed by atoms with Crippen molar-refractivity contribution in [2.24, 2.45) is 5.92 Å². The van der Waals surface area contributed by atoms with E-state index in [4.69, 9.17) is 11.6 Å². The van der Waals surface area contributed by atoms with Crippen LogP contribution in [0.4, 0.5) is 5.69 Å². The molecule has 7 nitrogen and oxygen atoms in total. The lowest BCUT2D eigenvalue weighted by molar-refractivity contribution is -0.123. The van der Waals surface area contributed by atoms with Crippen molar-refractivity contribution in [1.82, 2.24) is 15.6 Å². The van der Waals surface area contributed by atoms with Gasteiger partial charge in [-0.25, -0.2) is 0 Å². The van der Waals surface area contributed by atoms with E-state index < -0.39 is 11.6 Å². The van der Waals surface area contributed by atoms with Gasteiger partial charge in [0.05, 0.1) is 27.3 Å². The minimum absolute atomic E-state index is 0.0628. The molecule has 2 aliphatic carbocycles. The molecule has 2 aromatic rings. The monoisotopic (exact) mass is 518 g/mol. The molecule has 35 heavy (non-hydrogen) atoms. The zero-order valence-electron chi connectivity index (χ0n) is 20.6. The Morgan fingerprint density at radius 3 is 2.60 bits per heavy atom. The third-order valence-electron chi connectivity index (χ3n) is 6.67. The molecule has 4 N–H and O–H groups in total. The van der Waals surface area contributed by atoms with Gasteiger partial charge in [0.1, 0.15) is 11.6 Å². The van der Waals surface area contributed by atoms with Crippen LogP contribution in [0.15, 0.2) is 24.4 Å². The first-order chi connectivity index (χ1) is 16.6. The van der Waals surface area contributed by atoms with Gasteiger partial charge in [-0.15, -0.1) is 11.3 Å². The van der Waals surface area contributed by atoms with Gasteiger partial charge in [-0.05, 0) is 64.2 Å². The highest BCUT2D eigenvalue weighted by Crippen LogP contribution is 2.33. The Morgan fingerprint density at radius 1 is 1.23 bits per heavy atom. The van der Waals surface area contributed by atoms with E-state index in [-0.39, 0.29) is 23.9 Å². The van der Waals surface area contributed by atoms with Crippen LogP contribution in [-0.2, 0) is 10.4 Å². The first-order valence-corrected chi connectivity index (χ1v) is 13.7. The maximum atomic E-state index is 13.1. The van der Waals surface area contributed by atoms with Gasteiger partial charge in [-0.1, -0.05) is 37.3 Å². The summed E-state index contributed by atoms with van der Waals surface area (Å²) in [6.45, 7) is 5.33. The van der Waals surface area contributed by atoms with Gasteiger partial charge in [0.25, 0.3) is 5.91 Å². The predicted octanol–water partition coefficient (Wildman–Crippen LogP) is 5.15. The summed E-state index contributed by atoms with van der Waals surface area (Å²) in [7, 11) is 0. The van der Waals surface area contributed by atoms with Crippen LogP contribution >= 0.6 is 22.9 Å². The number of carbonyl (C=O) groups is 2. The Bertz CT molecular complexity index is 1060. The number of aromatic nitrogens is 1. The highest BCUT2D eigenvalue weighted by Gasteiger charge is 2.31. The molecule has 2 atom stereocenters. The number of rotatable bonds is 10. The molecule has 2 saturated carbocycles. The average molecular weight is 519 g/mol. The van der Waals surface area contributed by atoms with Crippen molar-refractivity contribution in [3.8, 4) is 0 Å². The van der Waals surface area contributed by atoms with Gasteiger partial charge in [-0.2, -0.15) is 0 Å². The van der Waals surface area contributed by atoms with Crippen LogP contribution in [-0.4, -0.2) is 34.0 Å². The Kier molecular flexibility index (Phi) is 8.03. The smallest absolute Gasteiger partial charge is 0.262 e. The van der Waals surface area contributed by atoms with Crippen molar-refractivity contribution >= 4 is 40.4 Å². The summed E-state index contributed by atoms with van der Waals surface area (Å²) >= 11 is 7.53. The van der Waals surface area contributed by atoms with Crippen LogP contribution in [0.1, 0.15) is 92.0 Å². The summed E-state index contributed by atoms with van der Waals surface area (Å²) in [4.78, 5) is 31.8. The van der Waals surface area contributed by atoms with Gasteiger partial charge in [0.15, 0.2) is 0 Å². The second-order valence-corrected chi connectivity index (χ2v) is 11.9. The van der Waals surface area contributed by atoms with Crippen LogP contribution < -0.4 is 16.0 Å². The molecule has 4 rings (SSSR count). The third kappa shape index (κ3) is 6.96. The number of carbonyl (C=O) groups excluding carboxylic acids is 2. The number of aliphatic hydroxyl groups is 1. The standard InChI is InChI=1S/C26H35ClN4O3S/c1-15(29-19-13-17(27)14-28-23(19)26(2,3)34)21-10-11-22(35-21)25(33)31-20(12-16-6-4-5-7-16)24(32)30-18-8-9-18/h10-11,13-16,18,20,29,34H,4-9,12H2,1-3H3,(H,30,32)(H,31,33)/t15?,20-/m0/s1. The Balaban J connectivity index is 1.43. The van der Waals surface area contributed by atoms with Crippen LogP contribution in [0, 0.1) is 5.92 Å². The fourth-order valence-corrected chi connectivity index (χ4v) is 5.69. The van der Waals surface area contributed by atoms with E-state index in [1.165, 1.54) is 30.4 Å². The number of pyridine rings is 1. The minimum Gasteiger partial charge on any atom is -0.384 e. The quantitative estimate of drug-likeness (QED) is 0.348. The summed E-state index contributed by atoms with van der Waals surface area (Å²) in [6, 6.07) is 5.07. The van der Waals surface area contributed by atoms with Crippen molar-refractivity contribution in [2.45, 2.75) is 89.4 Å². The Morgan fingerprint density at radius 2 is 1.94 bits per heavy atom. The van der Waals surface area contributed by atoms with E-state index >= 15 is 0 Å². The second-order valence-electron chi connectivity index (χ2n) is 10.4. The molecule has 190 valence electrons. The zero-order valence-corrected chi connectivity index (χ0v) is 22.1. The maximum absolute atomic E-state index is 13.1. The summed E-state index contributed by atoms with van der Waals surface area (Å²) < 4.78 is 0. The maximum Gasteiger partial charge on any atom is 0.262 e. The lowest BCUT2D eigenvalue weighted by atomic mass is 9.97. The number of halogens is 1. The molecule has 2 amide bonds. The number of hydrogen-bond donors (Lipinski definition) is 4.